The number of likely N-dealkylation sites (tertiary alicyclic amines) is 1. The molecule has 1 aromatic heterocycles. The van der Waals surface area contributed by atoms with Crippen LogP contribution in [0.1, 0.15) is 43.7 Å². The monoisotopic (exact) mass is 497 g/mol. The zero-order valence-corrected chi connectivity index (χ0v) is 21.1. The van der Waals surface area contributed by atoms with E-state index in [1.54, 1.807) is 41.1 Å². The Morgan fingerprint density at radius 3 is 2.63 bits per heavy atom. The fourth-order valence-electron chi connectivity index (χ4n) is 4.42. The van der Waals surface area contributed by atoms with Gasteiger partial charge in [0.05, 0.1) is 11.2 Å². The van der Waals surface area contributed by atoms with Gasteiger partial charge in [-0.15, -0.1) is 11.8 Å². The fourth-order valence-corrected chi connectivity index (χ4v) is 5.72. The number of carbonyl (C=O) groups is 3. The molecule has 3 atom stereocenters. The number of rotatable bonds is 4. The Kier molecular flexibility index (Phi) is 7.05. The standard InChI is InChI=1S/C25H31N5O4S/c1-16(31)27-19-10-11-26-20(12-19)25-15-30(23(33)34-24(2,3)4)13-18(25)14-35-22(29-25)28-21(32)17-8-6-5-7-9-17/h5-12,18,22,29H,13-15H2,1-4H3,(H,28,32)(H,26,27,31). The quantitative estimate of drug-likeness (QED) is 0.595. The first-order valence-electron chi connectivity index (χ1n) is 11.5. The first-order valence-corrected chi connectivity index (χ1v) is 12.6. The van der Waals surface area contributed by atoms with Gasteiger partial charge in [0, 0.05) is 49.1 Å². The number of hydrogen-bond donors (Lipinski definition) is 3. The van der Waals surface area contributed by atoms with E-state index >= 15 is 0 Å². The Balaban J connectivity index is 1.63. The molecule has 3 N–H and O–H groups in total. The normalized spacial score (nSPS) is 23.8. The predicted octanol–water partition coefficient (Wildman–Crippen LogP) is 3.15. The lowest BCUT2D eigenvalue weighted by Gasteiger charge is -2.43. The van der Waals surface area contributed by atoms with Gasteiger partial charge in [-0.25, -0.2) is 4.79 Å². The van der Waals surface area contributed by atoms with Gasteiger partial charge in [-0.1, -0.05) is 18.2 Å². The molecule has 0 bridgehead atoms. The molecule has 186 valence electrons. The van der Waals surface area contributed by atoms with Gasteiger partial charge in [0.15, 0.2) is 0 Å². The number of pyridine rings is 1. The first-order chi connectivity index (χ1) is 16.6. The molecule has 35 heavy (non-hydrogen) atoms. The molecule has 2 aromatic rings. The molecule has 2 fully saturated rings. The van der Waals surface area contributed by atoms with E-state index in [0.717, 1.165) is 0 Å². The molecule has 0 saturated carbocycles. The summed E-state index contributed by atoms with van der Waals surface area (Å²) < 4.78 is 5.64. The van der Waals surface area contributed by atoms with E-state index in [-0.39, 0.29) is 23.8 Å². The molecule has 3 heterocycles. The minimum atomic E-state index is -0.731. The smallest absolute Gasteiger partial charge is 0.410 e. The van der Waals surface area contributed by atoms with Crippen LogP contribution in [0.3, 0.4) is 0 Å². The van der Waals surface area contributed by atoms with Gasteiger partial charge in [0.2, 0.25) is 5.91 Å². The summed E-state index contributed by atoms with van der Waals surface area (Å²) in [6.07, 6.45) is 1.25. The summed E-state index contributed by atoms with van der Waals surface area (Å²) in [5.41, 5.74) is 0.138. The van der Waals surface area contributed by atoms with Crippen LogP contribution >= 0.6 is 11.8 Å². The van der Waals surface area contributed by atoms with Crippen molar-refractivity contribution in [3.05, 3.63) is 59.9 Å². The maximum atomic E-state index is 13.0. The Hall–Kier alpha value is -3.11. The second-order valence-electron chi connectivity index (χ2n) is 9.84. The highest BCUT2D eigenvalue weighted by Crippen LogP contribution is 2.43. The molecule has 2 saturated heterocycles. The minimum absolute atomic E-state index is 0.0185. The zero-order valence-electron chi connectivity index (χ0n) is 20.3. The van der Waals surface area contributed by atoms with Crippen molar-refractivity contribution in [1.29, 1.82) is 0 Å². The molecule has 2 aliphatic rings. The third kappa shape index (κ3) is 5.76. The van der Waals surface area contributed by atoms with Gasteiger partial charge in [0.25, 0.3) is 5.91 Å². The number of hydrogen-bond acceptors (Lipinski definition) is 7. The largest absolute Gasteiger partial charge is 0.444 e. The van der Waals surface area contributed by atoms with Crippen LogP contribution in [-0.2, 0) is 15.1 Å². The number of amides is 3. The second kappa shape index (κ2) is 9.87. The van der Waals surface area contributed by atoms with Crippen LogP contribution in [0.4, 0.5) is 10.5 Å². The Morgan fingerprint density at radius 2 is 1.94 bits per heavy atom. The van der Waals surface area contributed by atoms with Crippen LogP contribution in [0.25, 0.3) is 0 Å². The van der Waals surface area contributed by atoms with Crippen molar-refractivity contribution in [3.8, 4) is 0 Å². The molecule has 3 amide bonds. The Bertz CT molecular complexity index is 1110. The van der Waals surface area contributed by atoms with Crippen molar-refractivity contribution in [2.45, 2.75) is 44.3 Å². The number of fused-ring (bicyclic) bond motifs is 1. The highest BCUT2D eigenvalue weighted by atomic mass is 32.2. The molecule has 0 radical (unpaired) electrons. The Morgan fingerprint density at radius 1 is 1.20 bits per heavy atom. The van der Waals surface area contributed by atoms with Crippen molar-refractivity contribution in [1.82, 2.24) is 20.5 Å². The molecule has 9 nitrogen and oxygen atoms in total. The number of thioether (sulfide) groups is 1. The summed E-state index contributed by atoms with van der Waals surface area (Å²) in [7, 11) is 0. The number of carbonyl (C=O) groups excluding carboxylic acids is 3. The molecule has 10 heteroatoms. The number of nitrogens with zero attached hydrogens (tertiary/aromatic N) is 2. The molecule has 2 aliphatic heterocycles. The third-order valence-corrected chi connectivity index (χ3v) is 7.08. The van der Waals surface area contributed by atoms with Crippen LogP contribution in [0.2, 0.25) is 0 Å². The lowest BCUT2D eigenvalue weighted by molar-refractivity contribution is -0.114. The molecule has 1 aromatic carbocycles. The average molecular weight is 498 g/mol. The first kappa shape index (κ1) is 25.0. The van der Waals surface area contributed by atoms with E-state index in [2.05, 4.69) is 20.9 Å². The van der Waals surface area contributed by atoms with Crippen molar-refractivity contribution in [2.75, 3.05) is 24.2 Å². The van der Waals surface area contributed by atoms with Crippen LogP contribution in [0.5, 0.6) is 0 Å². The van der Waals surface area contributed by atoms with Gasteiger partial charge in [-0.2, -0.15) is 0 Å². The van der Waals surface area contributed by atoms with E-state index in [9.17, 15) is 14.4 Å². The van der Waals surface area contributed by atoms with E-state index in [4.69, 9.17) is 4.74 Å². The van der Waals surface area contributed by atoms with Gasteiger partial charge in [-0.3, -0.25) is 19.9 Å². The van der Waals surface area contributed by atoms with Gasteiger partial charge < -0.3 is 20.3 Å². The van der Waals surface area contributed by atoms with E-state index in [0.29, 0.717) is 35.8 Å². The lowest BCUT2D eigenvalue weighted by atomic mass is 9.84. The van der Waals surface area contributed by atoms with Crippen LogP contribution in [0, 0.1) is 5.92 Å². The highest BCUT2D eigenvalue weighted by Gasteiger charge is 2.54. The summed E-state index contributed by atoms with van der Waals surface area (Å²) in [6, 6.07) is 12.6. The maximum Gasteiger partial charge on any atom is 0.410 e. The van der Waals surface area contributed by atoms with Crippen molar-refractivity contribution in [3.63, 3.8) is 0 Å². The topological polar surface area (TPSA) is 113 Å². The molecular weight excluding hydrogens is 466 g/mol. The molecule has 0 spiro atoms. The fraction of sp³-hybridized carbons (Fsp3) is 0.440. The summed E-state index contributed by atoms with van der Waals surface area (Å²) in [4.78, 5) is 43.8. The van der Waals surface area contributed by atoms with E-state index in [1.165, 1.54) is 6.92 Å². The van der Waals surface area contributed by atoms with Crippen LogP contribution in [-0.4, -0.2) is 57.7 Å². The summed E-state index contributed by atoms with van der Waals surface area (Å²) >= 11 is 1.58. The Labute approximate surface area is 209 Å². The van der Waals surface area contributed by atoms with Gasteiger partial charge in [-0.05, 0) is 45.0 Å². The van der Waals surface area contributed by atoms with Crippen LogP contribution in [0.15, 0.2) is 48.7 Å². The molecule has 0 aliphatic carbocycles. The SMILES string of the molecule is CC(=O)Nc1ccnc(C23CN(C(=O)OC(C)(C)C)CC2CSC(NC(=O)c2ccccc2)N3)c1. The van der Waals surface area contributed by atoms with Crippen molar-refractivity contribution >= 4 is 35.4 Å². The molecule has 4 rings (SSSR count). The second-order valence-corrected chi connectivity index (χ2v) is 11.0. The number of nitrogens with one attached hydrogen (secondary N) is 3. The van der Waals surface area contributed by atoms with Crippen LogP contribution < -0.4 is 16.0 Å². The van der Waals surface area contributed by atoms with E-state index in [1.807, 2.05) is 45.0 Å². The number of aromatic nitrogens is 1. The van der Waals surface area contributed by atoms with E-state index < -0.39 is 16.6 Å². The maximum absolute atomic E-state index is 13.0. The highest BCUT2D eigenvalue weighted by molar-refractivity contribution is 7.99. The summed E-state index contributed by atoms with van der Waals surface area (Å²) in [6.45, 7) is 7.77. The number of anilines is 1. The predicted molar refractivity (Wildman–Crippen MR) is 135 cm³/mol. The number of benzene rings is 1. The molecule has 3 unspecified atom stereocenters. The van der Waals surface area contributed by atoms with Crippen molar-refractivity contribution in [2.24, 2.45) is 5.92 Å². The molecular formula is C25H31N5O4S. The summed E-state index contributed by atoms with van der Waals surface area (Å²) in [5.74, 6) is 0.340. The zero-order chi connectivity index (χ0) is 25.2. The summed E-state index contributed by atoms with van der Waals surface area (Å²) in [5, 5.41) is 9.44. The van der Waals surface area contributed by atoms with Crippen molar-refractivity contribution < 1.29 is 19.1 Å². The van der Waals surface area contributed by atoms with Gasteiger partial charge in [0.1, 0.15) is 11.1 Å². The lowest BCUT2D eigenvalue weighted by Crippen LogP contribution is -2.61. The number of ether oxygens (including phenoxy) is 1. The minimum Gasteiger partial charge on any atom is -0.444 e. The average Bonchev–Trinajstić information content (AvgIpc) is 3.19. The van der Waals surface area contributed by atoms with Gasteiger partial charge >= 0.3 is 6.09 Å². The third-order valence-electron chi connectivity index (χ3n) is 5.92.